The highest BCUT2D eigenvalue weighted by Crippen LogP contribution is 2.31. The molecular weight excluding hydrogens is 272 g/mol. The lowest BCUT2D eigenvalue weighted by molar-refractivity contribution is -0.116. The van der Waals surface area contributed by atoms with Crippen molar-refractivity contribution in [3.63, 3.8) is 0 Å². The number of nitrogens with two attached hydrogens (primary N) is 1. The van der Waals surface area contributed by atoms with Crippen LogP contribution >= 0.6 is 22.9 Å². The molecule has 0 aliphatic carbocycles. The van der Waals surface area contributed by atoms with E-state index in [-0.39, 0.29) is 11.8 Å². The predicted octanol–water partition coefficient (Wildman–Crippen LogP) is 1.83. The second-order valence-electron chi connectivity index (χ2n) is 3.92. The first kappa shape index (κ1) is 13.0. The van der Waals surface area contributed by atoms with Crippen LogP contribution in [-0.4, -0.2) is 29.5 Å². The zero-order valence-corrected chi connectivity index (χ0v) is 11.7. The maximum atomic E-state index is 11.0. The van der Waals surface area contributed by atoms with Crippen LogP contribution in [0.1, 0.15) is 11.8 Å². The van der Waals surface area contributed by atoms with Gasteiger partial charge in [0.25, 0.3) is 0 Å². The van der Waals surface area contributed by atoms with Crippen molar-refractivity contribution in [3.05, 3.63) is 16.2 Å². The van der Waals surface area contributed by atoms with Gasteiger partial charge < -0.3 is 10.6 Å². The largest absolute Gasteiger partial charge is 0.368 e. The summed E-state index contributed by atoms with van der Waals surface area (Å²) in [4.78, 5) is 23.1. The number of fused-ring (bicyclic) bond motifs is 1. The lowest BCUT2D eigenvalue weighted by atomic mass is 10.3. The van der Waals surface area contributed by atoms with Crippen molar-refractivity contribution < 1.29 is 4.79 Å². The lowest BCUT2D eigenvalue weighted by Gasteiger charge is -2.16. The molecule has 0 atom stereocenters. The smallest absolute Gasteiger partial charge is 0.236 e. The molecular formula is C11H13ClN4OS. The van der Waals surface area contributed by atoms with Crippen LogP contribution in [0.2, 0.25) is 5.28 Å². The van der Waals surface area contributed by atoms with Gasteiger partial charge >= 0.3 is 0 Å². The maximum Gasteiger partial charge on any atom is 0.236 e. The van der Waals surface area contributed by atoms with E-state index in [1.165, 1.54) is 4.88 Å². The molecule has 5 nitrogen and oxygen atoms in total. The SMILES string of the molecule is CCc1cc2c(N(C)CC(N)=O)nc(Cl)nc2s1. The van der Waals surface area contributed by atoms with Gasteiger partial charge in [0.15, 0.2) is 0 Å². The molecule has 0 fully saturated rings. The quantitative estimate of drug-likeness (QED) is 0.870. The zero-order chi connectivity index (χ0) is 13.3. The van der Waals surface area contributed by atoms with Gasteiger partial charge in [0.2, 0.25) is 11.2 Å². The van der Waals surface area contributed by atoms with Crippen LogP contribution in [0.5, 0.6) is 0 Å². The highest BCUT2D eigenvalue weighted by Gasteiger charge is 2.15. The number of amides is 1. The summed E-state index contributed by atoms with van der Waals surface area (Å²) in [5.41, 5.74) is 5.19. The van der Waals surface area contributed by atoms with Crippen LogP contribution in [-0.2, 0) is 11.2 Å². The Hall–Kier alpha value is -1.40. The Kier molecular flexibility index (Phi) is 3.68. The number of hydrogen-bond donors (Lipinski definition) is 1. The standard InChI is InChI=1S/C11H13ClN4OS/c1-3-6-4-7-9(16(2)5-8(13)17)14-11(12)15-10(7)18-6/h4H,3,5H2,1-2H3,(H2,13,17). The summed E-state index contributed by atoms with van der Waals surface area (Å²) in [6, 6.07) is 2.03. The van der Waals surface area contributed by atoms with Gasteiger partial charge in [0.05, 0.1) is 11.9 Å². The number of nitrogens with zero attached hydrogens (tertiary/aromatic N) is 3. The molecule has 0 radical (unpaired) electrons. The highest BCUT2D eigenvalue weighted by molar-refractivity contribution is 7.18. The van der Waals surface area contributed by atoms with E-state index in [1.54, 1.807) is 23.3 Å². The number of primary amides is 1. The van der Waals surface area contributed by atoms with E-state index >= 15 is 0 Å². The number of anilines is 1. The molecule has 1 amide bonds. The van der Waals surface area contributed by atoms with Gasteiger partial charge in [0.1, 0.15) is 10.6 Å². The summed E-state index contributed by atoms with van der Waals surface area (Å²) in [7, 11) is 1.76. The third-order valence-electron chi connectivity index (χ3n) is 2.50. The Morgan fingerprint density at radius 3 is 2.89 bits per heavy atom. The van der Waals surface area contributed by atoms with Gasteiger partial charge in [-0.3, -0.25) is 4.79 Å². The molecule has 96 valence electrons. The first-order valence-corrected chi connectivity index (χ1v) is 6.66. The predicted molar refractivity (Wildman–Crippen MR) is 74.3 cm³/mol. The maximum absolute atomic E-state index is 11.0. The minimum atomic E-state index is -0.411. The molecule has 0 bridgehead atoms. The lowest BCUT2D eigenvalue weighted by Crippen LogP contribution is -2.31. The summed E-state index contributed by atoms with van der Waals surface area (Å²) in [5, 5.41) is 1.09. The Labute approximate surface area is 114 Å². The second kappa shape index (κ2) is 5.07. The van der Waals surface area contributed by atoms with Crippen molar-refractivity contribution in [2.45, 2.75) is 13.3 Å². The van der Waals surface area contributed by atoms with Gasteiger partial charge in [-0.05, 0) is 24.1 Å². The molecule has 18 heavy (non-hydrogen) atoms. The van der Waals surface area contributed by atoms with Gasteiger partial charge in [-0.25, -0.2) is 4.98 Å². The van der Waals surface area contributed by atoms with Crippen LogP contribution in [0.15, 0.2) is 6.07 Å². The molecule has 0 aliphatic heterocycles. The molecule has 2 N–H and O–H groups in total. The van der Waals surface area contributed by atoms with Gasteiger partial charge in [-0.1, -0.05) is 6.92 Å². The fraction of sp³-hybridized carbons (Fsp3) is 0.364. The molecule has 7 heteroatoms. The number of thiophene rings is 1. The molecule has 0 aromatic carbocycles. The summed E-state index contributed by atoms with van der Waals surface area (Å²) in [5.74, 6) is 0.228. The fourth-order valence-electron chi connectivity index (χ4n) is 1.70. The summed E-state index contributed by atoms with van der Waals surface area (Å²) < 4.78 is 0. The van der Waals surface area contributed by atoms with E-state index in [0.717, 1.165) is 16.6 Å². The van der Waals surface area contributed by atoms with Crippen LogP contribution in [0.4, 0.5) is 5.82 Å². The average molecular weight is 285 g/mol. The third-order valence-corrected chi connectivity index (χ3v) is 3.84. The van der Waals surface area contributed by atoms with Gasteiger partial charge in [-0.2, -0.15) is 4.98 Å². The Bertz CT molecular complexity index is 598. The van der Waals surface area contributed by atoms with Crippen molar-refractivity contribution in [1.82, 2.24) is 9.97 Å². The number of carbonyl (C=O) groups is 1. The fourth-order valence-corrected chi connectivity index (χ4v) is 2.88. The Morgan fingerprint density at radius 1 is 1.56 bits per heavy atom. The topological polar surface area (TPSA) is 72.1 Å². The van der Waals surface area contributed by atoms with E-state index < -0.39 is 5.91 Å². The van der Waals surface area contributed by atoms with E-state index in [0.29, 0.717) is 5.82 Å². The minimum absolute atomic E-state index is 0.0970. The van der Waals surface area contributed by atoms with E-state index in [1.807, 2.05) is 6.07 Å². The van der Waals surface area contributed by atoms with Crippen LogP contribution in [0.25, 0.3) is 10.2 Å². The normalized spacial score (nSPS) is 10.8. The molecule has 0 unspecified atom stereocenters. The zero-order valence-electron chi connectivity index (χ0n) is 10.1. The molecule has 2 aromatic heterocycles. The first-order chi connectivity index (χ1) is 8.51. The summed E-state index contributed by atoms with van der Waals surface area (Å²) in [6.07, 6.45) is 0.928. The minimum Gasteiger partial charge on any atom is -0.368 e. The number of aryl methyl sites for hydroxylation is 1. The van der Waals surface area contributed by atoms with Gasteiger partial charge in [-0.15, -0.1) is 11.3 Å². The van der Waals surface area contributed by atoms with Crippen molar-refractivity contribution in [3.8, 4) is 0 Å². The van der Waals surface area contributed by atoms with Crippen molar-refractivity contribution in [2.24, 2.45) is 5.73 Å². The molecule has 2 rings (SSSR count). The molecule has 0 aliphatic rings. The third kappa shape index (κ3) is 2.54. The van der Waals surface area contributed by atoms with Crippen LogP contribution < -0.4 is 10.6 Å². The Morgan fingerprint density at radius 2 is 2.28 bits per heavy atom. The molecule has 0 saturated carbocycles. The van der Waals surface area contributed by atoms with E-state index in [9.17, 15) is 4.79 Å². The molecule has 2 aromatic rings. The summed E-state index contributed by atoms with van der Waals surface area (Å²) >= 11 is 7.48. The number of hydrogen-bond acceptors (Lipinski definition) is 5. The monoisotopic (exact) mass is 284 g/mol. The van der Waals surface area contributed by atoms with Crippen molar-refractivity contribution in [1.29, 1.82) is 0 Å². The first-order valence-electron chi connectivity index (χ1n) is 5.46. The van der Waals surface area contributed by atoms with E-state index in [4.69, 9.17) is 17.3 Å². The van der Waals surface area contributed by atoms with Gasteiger partial charge in [0, 0.05) is 11.9 Å². The number of likely N-dealkylation sites (N-methyl/N-ethyl adjacent to an activating group) is 1. The highest BCUT2D eigenvalue weighted by atomic mass is 35.5. The van der Waals surface area contributed by atoms with Crippen molar-refractivity contribution in [2.75, 3.05) is 18.5 Å². The number of rotatable bonds is 4. The number of halogens is 1. The number of carbonyl (C=O) groups excluding carboxylic acids is 1. The average Bonchev–Trinajstić information content (AvgIpc) is 2.69. The molecule has 0 spiro atoms. The molecule has 2 heterocycles. The van der Waals surface area contributed by atoms with Crippen LogP contribution in [0.3, 0.4) is 0 Å². The second-order valence-corrected chi connectivity index (χ2v) is 5.38. The molecule has 0 saturated heterocycles. The van der Waals surface area contributed by atoms with Crippen LogP contribution in [0, 0.1) is 0 Å². The number of aromatic nitrogens is 2. The van der Waals surface area contributed by atoms with E-state index in [2.05, 4.69) is 16.9 Å². The van der Waals surface area contributed by atoms with Crippen molar-refractivity contribution >= 4 is 44.9 Å². The Balaban J connectivity index is 2.53. The summed E-state index contributed by atoms with van der Waals surface area (Å²) in [6.45, 7) is 2.17.